The molecule has 0 N–H and O–H groups in total. The molecule has 1 heteroatoms. The van der Waals surface area contributed by atoms with Gasteiger partial charge in [-0.1, -0.05) is 109 Å². The van der Waals surface area contributed by atoms with Gasteiger partial charge in [0.25, 0.3) is 0 Å². The topological polar surface area (TPSA) is 0 Å². The number of aryl methyl sites for hydroxylation is 1. The molecule has 158 valence electrons. The van der Waals surface area contributed by atoms with Gasteiger partial charge in [-0.05, 0) is 69.6 Å². The molecule has 0 aliphatic heterocycles. The van der Waals surface area contributed by atoms with E-state index < -0.39 is 0 Å². The lowest BCUT2D eigenvalue weighted by atomic mass is 9.67. The third-order valence-electron chi connectivity index (χ3n) is 6.88. The molecule has 6 rings (SSSR count). The molecular formula is C32H23F. The molecule has 0 amide bonds. The Morgan fingerprint density at radius 1 is 0.515 bits per heavy atom. The minimum atomic E-state index is -0.388. The molecule has 0 radical (unpaired) electrons. The monoisotopic (exact) mass is 426 g/mol. The Morgan fingerprint density at radius 3 is 1.76 bits per heavy atom. The summed E-state index contributed by atoms with van der Waals surface area (Å²) in [4.78, 5) is 0. The standard InChI is InChI=1S/C32H23F/c1-22-12-18-28-29-21-24(23-13-16-27(33)17-14-23)15-19-30(29)32(31(28)20-22,25-8-4-2-5-9-25)26-10-6-3-7-11-26/h2-21H,1H3. The van der Waals surface area contributed by atoms with Crippen molar-refractivity contribution in [3.63, 3.8) is 0 Å². The number of benzene rings is 5. The molecule has 1 aliphatic rings. The van der Waals surface area contributed by atoms with Crippen molar-refractivity contribution in [3.05, 3.63) is 155 Å². The van der Waals surface area contributed by atoms with Crippen LogP contribution in [0.1, 0.15) is 27.8 Å². The Kier molecular flexibility index (Phi) is 4.52. The van der Waals surface area contributed by atoms with Crippen LogP contribution in [0.25, 0.3) is 22.3 Å². The summed E-state index contributed by atoms with van der Waals surface area (Å²) in [5, 5.41) is 0. The highest BCUT2D eigenvalue weighted by atomic mass is 19.1. The van der Waals surface area contributed by atoms with Crippen LogP contribution in [0.3, 0.4) is 0 Å². The van der Waals surface area contributed by atoms with Crippen molar-refractivity contribution < 1.29 is 4.39 Å². The number of rotatable bonds is 3. The molecule has 33 heavy (non-hydrogen) atoms. The van der Waals surface area contributed by atoms with Crippen molar-refractivity contribution in [1.82, 2.24) is 0 Å². The van der Waals surface area contributed by atoms with Crippen LogP contribution < -0.4 is 0 Å². The zero-order chi connectivity index (χ0) is 22.4. The summed E-state index contributed by atoms with van der Waals surface area (Å²) >= 11 is 0. The van der Waals surface area contributed by atoms with Crippen LogP contribution in [0.15, 0.2) is 121 Å². The maximum absolute atomic E-state index is 13.5. The summed E-state index contributed by atoms with van der Waals surface area (Å²) in [6, 6.07) is 41.9. The van der Waals surface area contributed by atoms with Crippen LogP contribution in [-0.4, -0.2) is 0 Å². The molecule has 0 nitrogen and oxygen atoms in total. The highest BCUT2D eigenvalue weighted by Crippen LogP contribution is 2.56. The molecule has 0 saturated heterocycles. The first-order chi connectivity index (χ1) is 16.2. The van der Waals surface area contributed by atoms with Gasteiger partial charge in [-0.3, -0.25) is 0 Å². The van der Waals surface area contributed by atoms with Gasteiger partial charge < -0.3 is 0 Å². The van der Waals surface area contributed by atoms with E-state index in [-0.39, 0.29) is 11.2 Å². The van der Waals surface area contributed by atoms with Crippen LogP contribution in [0, 0.1) is 12.7 Å². The van der Waals surface area contributed by atoms with E-state index in [0.717, 1.165) is 11.1 Å². The van der Waals surface area contributed by atoms with E-state index in [0.29, 0.717) is 0 Å². The average molecular weight is 427 g/mol. The van der Waals surface area contributed by atoms with E-state index >= 15 is 0 Å². The van der Waals surface area contributed by atoms with Gasteiger partial charge in [0, 0.05) is 0 Å². The Balaban J connectivity index is 1.70. The molecular weight excluding hydrogens is 403 g/mol. The molecule has 0 fully saturated rings. The summed E-state index contributed by atoms with van der Waals surface area (Å²) in [6.07, 6.45) is 0. The predicted molar refractivity (Wildman–Crippen MR) is 134 cm³/mol. The Labute approximate surface area is 194 Å². The van der Waals surface area contributed by atoms with E-state index in [4.69, 9.17) is 0 Å². The number of halogens is 1. The Bertz CT molecular complexity index is 1410. The molecule has 0 atom stereocenters. The summed E-state index contributed by atoms with van der Waals surface area (Å²) in [7, 11) is 0. The number of hydrogen-bond donors (Lipinski definition) is 0. The van der Waals surface area contributed by atoms with E-state index in [1.165, 1.54) is 51.1 Å². The minimum absolute atomic E-state index is 0.215. The molecule has 5 aromatic carbocycles. The fourth-order valence-electron chi connectivity index (χ4n) is 5.43. The summed E-state index contributed by atoms with van der Waals surface area (Å²) < 4.78 is 13.5. The van der Waals surface area contributed by atoms with E-state index in [1.807, 2.05) is 12.1 Å². The fraction of sp³-hybridized carbons (Fsp3) is 0.0625. The lowest BCUT2D eigenvalue weighted by Gasteiger charge is -2.34. The predicted octanol–water partition coefficient (Wildman–Crippen LogP) is 8.16. The van der Waals surface area contributed by atoms with Crippen molar-refractivity contribution >= 4 is 0 Å². The normalized spacial score (nSPS) is 13.4. The highest BCUT2D eigenvalue weighted by Gasteiger charge is 2.46. The third kappa shape index (κ3) is 2.97. The lowest BCUT2D eigenvalue weighted by molar-refractivity contribution is 0.628. The molecule has 0 saturated carbocycles. The Morgan fingerprint density at radius 2 is 1.12 bits per heavy atom. The zero-order valence-electron chi connectivity index (χ0n) is 18.4. The maximum atomic E-state index is 13.5. The van der Waals surface area contributed by atoms with Crippen LogP contribution >= 0.6 is 0 Å². The van der Waals surface area contributed by atoms with E-state index in [1.54, 1.807) is 0 Å². The minimum Gasteiger partial charge on any atom is -0.207 e. The maximum Gasteiger partial charge on any atom is 0.123 e. The number of fused-ring (bicyclic) bond motifs is 3. The molecule has 5 aromatic rings. The van der Waals surface area contributed by atoms with Crippen molar-refractivity contribution in [2.24, 2.45) is 0 Å². The van der Waals surface area contributed by atoms with Crippen LogP contribution in [0.2, 0.25) is 0 Å². The van der Waals surface area contributed by atoms with Crippen LogP contribution in [0.5, 0.6) is 0 Å². The zero-order valence-corrected chi connectivity index (χ0v) is 18.4. The van der Waals surface area contributed by atoms with Crippen molar-refractivity contribution in [3.8, 4) is 22.3 Å². The SMILES string of the molecule is Cc1ccc2c(c1)C(c1ccccc1)(c1ccccc1)c1ccc(-c3ccc(F)cc3)cc1-2. The summed E-state index contributed by atoms with van der Waals surface area (Å²) in [6.45, 7) is 2.16. The average Bonchev–Trinajstić information content (AvgIpc) is 3.15. The third-order valence-corrected chi connectivity index (χ3v) is 6.88. The first kappa shape index (κ1) is 19.7. The lowest BCUT2D eigenvalue weighted by Crippen LogP contribution is -2.28. The largest absolute Gasteiger partial charge is 0.207 e. The molecule has 0 unspecified atom stereocenters. The fourth-order valence-corrected chi connectivity index (χ4v) is 5.43. The second-order valence-corrected chi connectivity index (χ2v) is 8.80. The quantitative estimate of drug-likeness (QED) is 0.268. The Hall–Kier alpha value is -3.97. The molecule has 0 bridgehead atoms. The van der Waals surface area contributed by atoms with Gasteiger partial charge in [0.15, 0.2) is 0 Å². The van der Waals surface area contributed by atoms with Gasteiger partial charge in [-0.15, -0.1) is 0 Å². The van der Waals surface area contributed by atoms with E-state index in [9.17, 15) is 4.39 Å². The summed E-state index contributed by atoms with van der Waals surface area (Å²) in [5.41, 5.74) is 10.6. The smallest absolute Gasteiger partial charge is 0.123 e. The second-order valence-electron chi connectivity index (χ2n) is 8.80. The van der Waals surface area contributed by atoms with E-state index in [2.05, 4.69) is 104 Å². The second kappa shape index (κ2) is 7.56. The van der Waals surface area contributed by atoms with Crippen molar-refractivity contribution in [2.45, 2.75) is 12.3 Å². The highest BCUT2D eigenvalue weighted by molar-refractivity contribution is 5.89. The van der Waals surface area contributed by atoms with Gasteiger partial charge >= 0.3 is 0 Å². The molecule has 0 aromatic heterocycles. The molecule has 1 aliphatic carbocycles. The molecule has 0 heterocycles. The first-order valence-electron chi connectivity index (χ1n) is 11.3. The molecule has 0 spiro atoms. The van der Waals surface area contributed by atoms with Crippen molar-refractivity contribution in [2.75, 3.05) is 0 Å². The van der Waals surface area contributed by atoms with Gasteiger partial charge in [-0.25, -0.2) is 4.39 Å². The van der Waals surface area contributed by atoms with Crippen LogP contribution in [0.4, 0.5) is 4.39 Å². The summed E-state index contributed by atoms with van der Waals surface area (Å²) in [5.74, 6) is -0.215. The van der Waals surface area contributed by atoms with Crippen molar-refractivity contribution in [1.29, 1.82) is 0 Å². The van der Waals surface area contributed by atoms with Gasteiger partial charge in [-0.2, -0.15) is 0 Å². The van der Waals surface area contributed by atoms with Crippen LogP contribution in [-0.2, 0) is 5.41 Å². The van der Waals surface area contributed by atoms with Gasteiger partial charge in [0.05, 0.1) is 5.41 Å². The van der Waals surface area contributed by atoms with Gasteiger partial charge in [0.1, 0.15) is 5.82 Å². The number of hydrogen-bond acceptors (Lipinski definition) is 0. The first-order valence-corrected chi connectivity index (χ1v) is 11.3. The van der Waals surface area contributed by atoms with Gasteiger partial charge in [0.2, 0.25) is 0 Å².